The second kappa shape index (κ2) is 9.71. The number of carbonyl (C=O) groups is 2. The number of carbonyl (C=O) groups excluding carboxylic acids is 2. The number of rotatable bonds is 6. The zero-order chi connectivity index (χ0) is 26.3. The van der Waals surface area contributed by atoms with Crippen LogP contribution in [0.2, 0.25) is 0 Å². The zero-order valence-corrected chi connectivity index (χ0v) is 21.8. The van der Waals surface area contributed by atoms with Crippen molar-refractivity contribution in [2.75, 3.05) is 18.6 Å². The number of fused-ring (bicyclic) bond motifs is 1. The Bertz CT molecular complexity index is 1550. The van der Waals surface area contributed by atoms with Crippen LogP contribution in [0, 0.1) is 13.8 Å². The summed E-state index contributed by atoms with van der Waals surface area (Å²) in [5.41, 5.74) is 1.88. The highest BCUT2D eigenvalue weighted by atomic mass is 32.1. The molecule has 8 heteroatoms. The molecule has 37 heavy (non-hydrogen) atoms. The lowest BCUT2D eigenvalue weighted by Gasteiger charge is -2.23. The van der Waals surface area contributed by atoms with Crippen molar-refractivity contribution in [1.82, 2.24) is 4.98 Å². The number of hydrogen-bond acceptors (Lipinski definition) is 7. The molecule has 1 unspecified atom stereocenters. The quantitative estimate of drug-likeness (QED) is 0.194. The van der Waals surface area contributed by atoms with Crippen LogP contribution < -0.4 is 14.4 Å². The number of Topliss-reactive ketones (excluding diaryl/α,β-unsaturated/α-hetero) is 1. The number of amides is 1. The summed E-state index contributed by atoms with van der Waals surface area (Å²) in [4.78, 5) is 33.8. The SMILES string of the molecule is CCOc1cccc(C2/C(=C(\O)c3ccc4cc(OC)ccc4c3)C(=O)C(=O)N2c2nc(C)c(C)s2)c1. The molecule has 1 amide bonds. The van der Waals surface area contributed by atoms with Gasteiger partial charge in [0.25, 0.3) is 5.78 Å². The average molecular weight is 515 g/mol. The van der Waals surface area contributed by atoms with Gasteiger partial charge in [-0.1, -0.05) is 30.3 Å². The number of aliphatic hydroxyl groups is 1. The number of aliphatic hydroxyl groups excluding tert-OH is 1. The maximum absolute atomic E-state index is 13.5. The molecule has 1 fully saturated rings. The Labute approximate surface area is 218 Å². The summed E-state index contributed by atoms with van der Waals surface area (Å²) in [6.07, 6.45) is 0. The number of aryl methyl sites for hydroxylation is 2. The fraction of sp³-hybridized carbons (Fsp3) is 0.207. The summed E-state index contributed by atoms with van der Waals surface area (Å²) in [5.74, 6) is -0.400. The Morgan fingerprint density at radius 1 is 1.03 bits per heavy atom. The first-order valence-electron chi connectivity index (χ1n) is 11.9. The van der Waals surface area contributed by atoms with Crippen LogP contribution >= 0.6 is 11.3 Å². The number of methoxy groups -OCH3 is 1. The van der Waals surface area contributed by atoms with Gasteiger partial charge in [0.15, 0.2) is 5.13 Å². The number of ketones is 1. The summed E-state index contributed by atoms with van der Waals surface area (Å²) in [7, 11) is 1.60. The van der Waals surface area contributed by atoms with E-state index in [1.807, 2.05) is 63.2 Å². The fourth-order valence-corrected chi connectivity index (χ4v) is 5.44. The van der Waals surface area contributed by atoms with Crippen LogP contribution in [-0.2, 0) is 9.59 Å². The zero-order valence-electron chi connectivity index (χ0n) is 20.9. The van der Waals surface area contributed by atoms with Crippen molar-refractivity contribution in [2.45, 2.75) is 26.8 Å². The molecule has 5 rings (SSSR count). The third-order valence-electron chi connectivity index (χ3n) is 6.47. The molecule has 0 spiro atoms. The number of aromatic nitrogens is 1. The van der Waals surface area contributed by atoms with Crippen molar-refractivity contribution < 1.29 is 24.2 Å². The van der Waals surface area contributed by atoms with Crippen LogP contribution in [0.15, 0.2) is 66.2 Å². The van der Waals surface area contributed by atoms with Gasteiger partial charge in [0.05, 0.1) is 31.0 Å². The van der Waals surface area contributed by atoms with Crippen LogP contribution in [0.1, 0.15) is 34.7 Å². The summed E-state index contributed by atoms with van der Waals surface area (Å²) in [5, 5.41) is 13.7. The van der Waals surface area contributed by atoms with Crippen molar-refractivity contribution in [3.8, 4) is 11.5 Å². The summed E-state index contributed by atoms with van der Waals surface area (Å²) in [6, 6.07) is 17.4. The number of benzene rings is 3. The van der Waals surface area contributed by atoms with Gasteiger partial charge in [0.2, 0.25) is 0 Å². The van der Waals surface area contributed by atoms with Crippen LogP contribution in [0.25, 0.3) is 16.5 Å². The largest absolute Gasteiger partial charge is 0.507 e. The van der Waals surface area contributed by atoms with Crippen LogP contribution in [0.3, 0.4) is 0 Å². The minimum atomic E-state index is -0.864. The molecule has 0 bridgehead atoms. The minimum Gasteiger partial charge on any atom is -0.507 e. The van der Waals surface area contributed by atoms with E-state index >= 15 is 0 Å². The molecule has 1 saturated heterocycles. The van der Waals surface area contributed by atoms with Gasteiger partial charge in [-0.25, -0.2) is 4.98 Å². The van der Waals surface area contributed by atoms with E-state index in [2.05, 4.69) is 4.98 Å². The van der Waals surface area contributed by atoms with E-state index in [4.69, 9.17) is 9.47 Å². The first-order chi connectivity index (χ1) is 17.8. The average Bonchev–Trinajstić information content (AvgIpc) is 3.37. The van der Waals surface area contributed by atoms with Crippen molar-refractivity contribution in [3.05, 3.63) is 87.9 Å². The number of nitrogens with zero attached hydrogens (tertiary/aromatic N) is 2. The second-order valence-electron chi connectivity index (χ2n) is 8.74. The van der Waals surface area contributed by atoms with Gasteiger partial charge in [-0.2, -0.15) is 0 Å². The summed E-state index contributed by atoms with van der Waals surface area (Å²) in [6.45, 7) is 6.13. The topological polar surface area (TPSA) is 89.0 Å². The van der Waals surface area contributed by atoms with E-state index in [9.17, 15) is 14.7 Å². The van der Waals surface area contributed by atoms with Gasteiger partial charge in [0.1, 0.15) is 17.3 Å². The molecule has 4 aromatic rings. The Hall–Kier alpha value is -4.17. The van der Waals surface area contributed by atoms with E-state index in [-0.39, 0.29) is 11.3 Å². The molecule has 7 nitrogen and oxygen atoms in total. The lowest BCUT2D eigenvalue weighted by molar-refractivity contribution is -0.132. The molecule has 1 aliphatic heterocycles. The van der Waals surface area contributed by atoms with Crippen molar-refractivity contribution in [1.29, 1.82) is 0 Å². The molecule has 0 aliphatic carbocycles. The smallest absolute Gasteiger partial charge is 0.301 e. The third-order valence-corrected chi connectivity index (χ3v) is 7.55. The van der Waals surface area contributed by atoms with E-state index in [1.54, 1.807) is 25.3 Å². The monoisotopic (exact) mass is 514 g/mol. The van der Waals surface area contributed by atoms with E-state index in [1.165, 1.54) is 16.2 Å². The lowest BCUT2D eigenvalue weighted by atomic mass is 9.94. The summed E-state index contributed by atoms with van der Waals surface area (Å²) < 4.78 is 11.0. The fourth-order valence-electron chi connectivity index (χ4n) is 4.50. The molecule has 1 aliphatic rings. The number of ether oxygens (including phenoxy) is 2. The van der Waals surface area contributed by atoms with Crippen molar-refractivity contribution >= 4 is 44.7 Å². The Balaban J connectivity index is 1.70. The van der Waals surface area contributed by atoms with Gasteiger partial charge >= 0.3 is 5.91 Å². The Kier molecular flexibility index (Phi) is 6.43. The third kappa shape index (κ3) is 4.34. The normalized spacial score (nSPS) is 17.0. The predicted octanol–water partition coefficient (Wildman–Crippen LogP) is 5.95. The van der Waals surface area contributed by atoms with E-state index in [0.29, 0.717) is 28.6 Å². The van der Waals surface area contributed by atoms with E-state index < -0.39 is 17.7 Å². The first kappa shape index (κ1) is 24.5. The van der Waals surface area contributed by atoms with Crippen molar-refractivity contribution in [3.63, 3.8) is 0 Å². The number of anilines is 1. The standard InChI is InChI=1S/C29H26N2O5S/c1-5-36-23-8-6-7-20(15-23)25-24(27(33)28(34)31(25)29-30-16(2)17(3)37-29)26(32)21-10-9-19-14-22(35-4)12-11-18(19)13-21/h6-15,25,32H,5H2,1-4H3/b26-24+. The Morgan fingerprint density at radius 3 is 2.49 bits per heavy atom. The van der Waals surface area contributed by atoms with E-state index in [0.717, 1.165) is 27.1 Å². The highest BCUT2D eigenvalue weighted by Crippen LogP contribution is 2.44. The van der Waals surface area contributed by atoms with Gasteiger partial charge in [-0.3, -0.25) is 14.5 Å². The molecule has 188 valence electrons. The molecule has 1 atom stereocenters. The van der Waals surface area contributed by atoms with Gasteiger partial charge in [-0.05, 0) is 67.4 Å². The molecule has 0 radical (unpaired) electrons. The first-order valence-corrected chi connectivity index (χ1v) is 12.7. The van der Waals surface area contributed by atoms with Crippen LogP contribution in [0.5, 0.6) is 11.5 Å². The highest BCUT2D eigenvalue weighted by molar-refractivity contribution is 7.16. The van der Waals surface area contributed by atoms with Crippen molar-refractivity contribution in [2.24, 2.45) is 0 Å². The minimum absolute atomic E-state index is 0.0111. The van der Waals surface area contributed by atoms with Gasteiger partial charge in [0, 0.05) is 10.4 Å². The molecular formula is C29H26N2O5S. The molecular weight excluding hydrogens is 488 g/mol. The lowest BCUT2D eigenvalue weighted by Crippen LogP contribution is -2.29. The molecule has 3 aromatic carbocycles. The number of hydrogen-bond donors (Lipinski definition) is 1. The summed E-state index contributed by atoms with van der Waals surface area (Å²) >= 11 is 1.34. The predicted molar refractivity (Wildman–Crippen MR) is 144 cm³/mol. The Morgan fingerprint density at radius 2 is 1.78 bits per heavy atom. The van der Waals surface area contributed by atoms with Gasteiger partial charge in [-0.15, -0.1) is 11.3 Å². The molecule has 1 aromatic heterocycles. The molecule has 1 N–H and O–H groups in total. The van der Waals surface area contributed by atoms with Gasteiger partial charge < -0.3 is 14.6 Å². The maximum Gasteiger partial charge on any atom is 0.301 e. The van der Waals surface area contributed by atoms with Crippen LogP contribution in [-0.4, -0.2) is 35.5 Å². The second-order valence-corrected chi connectivity index (χ2v) is 9.92. The maximum atomic E-state index is 13.5. The molecule has 2 heterocycles. The number of thiazole rings is 1. The highest BCUT2D eigenvalue weighted by Gasteiger charge is 2.48. The molecule has 0 saturated carbocycles. The van der Waals surface area contributed by atoms with Crippen LogP contribution in [0.4, 0.5) is 5.13 Å².